The van der Waals surface area contributed by atoms with Gasteiger partial charge in [0.1, 0.15) is 0 Å². The van der Waals surface area contributed by atoms with Crippen molar-refractivity contribution in [2.45, 2.75) is 31.1 Å². The molecule has 3 N–H and O–H groups in total. The first-order chi connectivity index (χ1) is 5.95. The van der Waals surface area contributed by atoms with Crippen LogP contribution in [0.3, 0.4) is 0 Å². The van der Waals surface area contributed by atoms with E-state index < -0.39 is 11.7 Å². The fourth-order valence-corrected chi connectivity index (χ4v) is 1.46. The molecule has 0 spiro atoms. The summed E-state index contributed by atoms with van der Waals surface area (Å²) in [6, 6.07) is -0.474. The second-order valence-corrected chi connectivity index (χ2v) is 3.23. The first kappa shape index (κ1) is 10.5. The van der Waals surface area contributed by atoms with Crippen LogP contribution < -0.4 is 11.1 Å². The van der Waals surface area contributed by atoms with Gasteiger partial charge in [0.2, 0.25) is 0 Å². The number of alkyl halides is 3. The highest BCUT2D eigenvalue weighted by Crippen LogP contribution is 2.32. The molecule has 0 aliphatic heterocycles. The van der Waals surface area contributed by atoms with Gasteiger partial charge in [0, 0.05) is 17.7 Å². The lowest BCUT2D eigenvalue weighted by atomic mass is 9.90. The number of nitrogens with one attached hydrogen (secondary N) is 1. The molecule has 0 aromatic heterocycles. The summed E-state index contributed by atoms with van der Waals surface area (Å²) in [5.41, 5.74) is 5.16. The van der Waals surface area contributed by atoms with Gasteiger partial charge in [0.25, 0.3) is 0 Å². The van der Waals surface area contributed by atoms with Crippen LogP contribution in [-0.4, -0.2) is 25.3 Å². The van der Waals surface area contributed by atoms with Crippen LogP contribution in [0.4, 0.5) is 13.2 Å². The predicted octanol–water partition coefficient (Wildman–Crippen LogP) is 1.18. The molecule has 2 unspecified atom stereocenters. The molecule has 0 amide bonds. The van der Waals surface area contributed by atoms with E-state index in [1.54, 1.807) is 7.05 Å². The first-order valence-corrected chi connectivity index (χ1v) is 4.14. The molecular formula is C8H13F3N2. The Morgan fingerprint density at radius 2 is 2.15 bits per heavy atom. The van der Waals surface area contributed by atoms with Crippen molar-refractivity contribution in [1.82, 2.24) is 5.32 Å². The Balaban J connectivity index is 2.71. The maximum absolute atomic E-state index is 12.2. The molecule has 76 valence electrons. The third kappa shape index (κ3) is 2.45. The van der Waals surface area contributed by atoms with Crippen molar-refractivity contribution < 1.29 is 13.2 Å². The summed E-state index contributed by atoms with van der Waals surface area (Å²) in [5.74, 6) is 0. The van der Waals surface area contributed by atoms with E-state index in [2.05, 4.69) is 5.32 Å². The van der Waals surface area contributed by atoms with Crippen molar-refractivity contribution in [2.75, 3.05) is 7.05 Å². The molecule has 2 atom stereocenters. The highest BCUT2D eigenvalue weighted by Gasteiger charge is 2.37. The molecule has 0 radical (unpaired) electrons. The normalized spacial score (nSPS) is 30.1. The highest BCUT2D eigenvalue weighted by molar-refractivity contribution is 5.16. The van der Waals surface area contributed by atoms with E-state index in [0.29, 0.717) is 6.42 Å². The van der Waals surface area contributed by atoms with Gasteiger partial charge in [-0.15, -0.1) is 0 Å². The molecule has 0 saturated heterocycles. The molecule has 0 bridgehead atoms. The lowest BCUT2D eigenvalue weighted by molar-refractivity contribution is -0.0959. The number of likely N-dealkylation sites (N-methyl/N-ethyl adjacent to an activating group) is 1. The van der Waals surface area contributed by atoms with E-state index in [4.69, 9.17) is 5.73 Å². The van der Waals surface area contributed by atoms with Crippen LogP contribution in [0.1, 0.15) is 12.8 Å². The average Bonchev–Trinajstić information content (AvgIpc) is 2.03. The van der Waals surface area contributed by atoms with Crippen molar-refractivity contribution in [3.05, 3.63) is 11.6 Å². The van der Waals surface area contributed by atoms with Crippen molar-refractivity contribution >= 4 is 0 Å². The molecule has 0 aromatic carbocycles. The predicted molar refractivity (Wildman–Crippen MR) is 44.2 cm³/mol. The Labute approximate surface area is 75.0 Å². The third-order valence-corrected chi connectivity index (χ3v) is 2.33. The fourth-order valence-electron chi connectivity index (χ4n) is 1.46. The largest absolute Gasteiger partial charge is 0.412 e. The van der Waals surface area contributed by atoms with Gasteiger partial charge in [-0.3, -0.25) is 0 Å². The zero-order valence-electron chi connectivity index (χ0n) is 7.36. The summed E-state index contributed by atoms with van der Waals surface area (Å²) in [4.78, 5) is 0. The molecular weight excluding hydrogens is 181 g/mol. The number of halogens is 3. The first-order valence-electron chi connectivity index (χ1n) is 4.14. The lowest BCUT2D eigenvalue weighted by Crippen LogP contribution is -2.46. The smallest absolute Gasteiger partial charge is 0.326 e. The standard InChI is InChI=1S/C8H13F3N2/c1-13-7-4-5(8(9,10)11)2-3-6(7)12/h2,6-7,13H,3-4,12H2,1H3. The van der Waals surface area contributed by atoms with Crippen LogP contribution in [0.5, 0.6) is 0 Å². The quantitative estimate of drug-likeness (QED) is 0.615. The maximum atomic E-state index is 12.2. The molecule has 5 heteroatoms. The SMILES string of the molecule is CNC1CC(C(F)(F)F)=CCC1N. The molecule has 1 aliphatic carbocycles. The van der Waals surface area contributed by atoms with E-state index in [1.165, 1.54) is 6.08 Å². The number of hydrogen-bond donors (Lipinski definition) is 2. The minimum absolute atomic E-state index is 0.0266. The van der Waals surface area contributed by atoms with Crippen LogP contribution in [0.15, 0.2) is 11.6 Å². The summed E-state index contributed by atoms with van der Waals surface area (Å²) >= 11 is 0. The minimum Gasteiger partial charge on any atom is -0.326 e. The summed E-state index contributed by atoms with van der Waals surface area (Å²) < 4.78 is 36.7. The monoisotopic (exact) mass is 194 g/mol. The van der Waals surface area contributed by atoms with Crippen LogP contribution in [-0.2, 0) is 0 Å². The topological polar surface area (TPSA) is 38.0 Å². The summed E-state index contributed by atoms with van der Waals surface area (Å²) in [7, 11) is 1.63. The van der Waals surface area contributed by atoms with Crippen LogP contribution in [0, 0.1) is 0 Å². The highest BCUT2D eigenvalue weighted by atomic mass is 19.4. The van der Waals surface area contributed by atoms with Crippen molar-refractivity contribution in [2.24, 2.45) is 5.73 Å². The lowest BCUT2D eigenvalue weighted by Gasteiger charge is -2.29. The zero-order valence-corrected chi connectivity index (χ0v) is 7.36. The van der Waals surface area contributed by atoms with Gasteiger partial charge in [-0.1, -0.05) is 6.08 Å². The number of nitrogens with two attached hydrogens (primary N) is 1. The van der Waals surface area contributed by atoms with Gasteiger partial charge in [-0.25, -0.2) is 0 Å². The minimum atomic E-state index is -4.20. The van der Waals surface area contributed by atoms with E-state index in [-0.39, 0.29) is 18.5 Å². The molecule has 1 aliphatic rings. The maximum Gasteiger partial charge on any atom is 0.412 e. The molecule has 2 nitrogen and oxygen atoms in total. The summed E-state index contributed by atoms with van der Waals surface area (Å²) in [5, 5.41) is 2.79. The van der Waals surface area contributed by atoms with Gasteiger partial charge >= 0.3 is 6.18 Å². The Bertz CT molecular complexity index is 210. The molecule has 1 rings (SSSR count). The second kappa shape index (κ2) is 3.67. The Morgan fingerprint density at radius 3 is 2.62 bits per heavy atom. The Morgan fingerprint density at radius 1 is 1.54 bits per heavy atom. The van der Waals surface area contributed by atoms with Gasteiger partial charge in [-0.05, 0) is 19.9 Å². The molecule has 0 aromatic rings. The van der Waals surface area contributed by atoms with E-state index in [9.17, 15) is 13.2 Å². The average molecular weight is 194 g/mol. The summed E-state index contributed by atoms with van der Waals surface area (Å²) in [6.45, 7) is 0. The van der Waals surface area contributed by atoms with Crippen LogP contribution in [0.2, 0.25) is 0 Å². The Hall–Kier alpha value is -0.550. The molecule has 0 fully saturated rings. The summed E-state index contributed by atoms with van der Waals surface area (Å²) in [6.07, 6.45) is -2.74. The van der Waals surface area contributed by atoms with Gasteiger partial charge in [0.05, 0.1) is 0 Å². The van der Waals surface area contributed by atoms with E-state index >= 15 is 0 Å². The van der Waals surface area contributed by atoms with Gasteiger partial charge in [-0.2, -0.15) is 13.2 Å². The van der Waals surface area contributed by atoms with Crippen molar-refractivity contribution in [1.29, 1.82) is 0 Å². The second-order valence-electron chi connectivity index (χ2n) is 3.23. The van der Waals surface area contributed by atoms with E-state index in [1.807, 2.05) is 0 Å². The van der Waals surface area contributed by atoms with Crippen molar-refractivity contribution in [3.63, 3.8) is 0 Å². The Kier molecular flexibility index (Phi) is 2.98. The molecule has 0 heterocycles. The van der Waals surface area contributed by atoms with Gasteiger partial charge < -0.3 is 11.1 Å². The third-order valence-electron chi connectivity index (χ3n) is 2.33. The van der Waals surface area contributed by atoms with E-state index in [0.717, 1.165) is 0 Å². The molecule has 13 heavy (non-hydrogen) atoms. The molecule has 0 saturated carbocycles. The fraction of sp³-hybridized carbons (Fsp3) is 0.750. The van der Waals surface area contributed by atoms with Crippen molar-refractivity contribution in [3.8, 4) is 0 Å². The van der Waals surface area contributed by atoms with Crippen LogP contribution in [0.25, 0.3) is 0 Å². The van der Waals surface area contributed by atoms with Gasteiger partial charge in [0.15, 0.2) is 0 Å². The number of rotatable bonds is 1. The van der Waals surface area contributed by atoms with Crippen LogP contribution >= 0.6 is 0 Å². The zero-order chi connectivity index (χ0) is 10.1. The number of hydrogen-bond acceptors (Lipinski definition) is 2.